The minimum absolute atomic E-state index is 0.163. The molecule has 0 radical (unpaired) electrons. The molecule has 0 aliphatic heterocycles. The number of carbonyl (C=O) groups excluding carboxylic acids is 1. The van der Waals surface area contributed by atoms with Crippen molar-refractivity contribution in [3.63, 3.8) is 0 Å². The summed E-state index contributed by atoms with van der Waals surface area (Å²) in [5.74, 6) is 1.03. The number of aldehydes is 1. The number of aryl methyl sites for hydroxylation is 1. The van der Waals surface area contributed by atoms with E-state index in [4.69, 9.17) is 0 Å². The Hall–Kier alpha value is -1.38. The van der Waals surface area contributed by atoms with Crippen molar-refractivity contribution in [3.8, 4) is 0 Å². The van der Waals surface area contributed by atoms with Crippen LogP contribution in [0.5, 0.6) is 0 Å². The number of hydrogen-bond donors (Lipinski definition) is 1. The molecule has 1 aromatic heterocycles. The fourth-order valence-electron chi connectivity index (χ4n) is 1.14. The molecule has 0 amide bonds. The van der Waals surface area contributed by atoms with Crippen molar-refractivity contribution in [1.82, 2.24) is 4.98 Å². The molecule has 1 aromatic rings. The Morgan fingerprint density at radius 2 is 2.21 bits per heavy atom. The van der Waals surface area contributed by atoms with E-state index in [0.29, 0.717) is 0 Å². The Morgan fingerprint density at radius 1 is 1.50 bits per heavy atom. The van der Waals surface area contributed by atoms with Gasteiger partial charge in [-0.2, -0.15) is 0 Å². The van der Waals surface area contributed by atoms with Gasteiger partial charge in [-0.25, -0.2) is 4.98 Å². The highest BCUT2D eigenvalue weighted by atomic mass is 16.1. The van der Waals surface area contributed by atoms with Gasteiger partial charge in [-0.15, -0.1) is 0 Å². The molecular weight excluding hydrogens is 176 g/mol. The predicted octanol–water partition coefficient (Wildman–Crippen LogP) is 2.03. The van der Waals surface area contributed by atoms with Gasteiger partial charge in [0.2, 0.25) is 0 Å². The van der Waals surface area contributed by atoms with Gasteiger partial charge in [-0.1, -0.05) is 13.8 Å². The molecule has 0 bridgehead atoms. The van der Waals surface area contributed by atoms with Crippen LogP contribution in [0.1, 0.15) is 19.4 Å². The van der Waals surface area contributed by atoms with E-state index in [2.05, 4.69) is 10.3 Å². The monoisotopic (exact) mass is 192 g/mol. The lowest BCUT2D eigenvalue weighted by molar-refractivity contribution is -0.109. The van der Waals surface area contributed by atoms with Crippen LogP contribution in [0.25, 0.3) is 0 Å². The highest BCUT2D eigenvalue weighted by Crippen LogP contribution is 2.10. The number of pyridine rings is 1. The second-order valence-corrected chi connectivity index (χ2v) is 3.77. The van der Waals surface area contributed by atoms with Crippen LogP contribution in [0.15, 0.2) is 18.3 Å². The molecule has 0 fully saturated rings. The summed E-state index contributed by atoms with van der Waals surface area (Å²) in [5, 5.41) is 3.09. The van der Waals surface area contributed by atoms with E-state index in [-0.39, 0.29) is 12.0 Å². The molecule has 0 saturated carbocycles. The number of nitrogens with one attached hydrogen (secondary N) is 1. The molecule has 14 heavy (non-hydrogen) atoms. The van der Waals surface area contributed by atoms with E-state index in [9.17, 15) is 4.79 Å². The van der Waals surface area contributed by atoms with Crippen LogP contribution in [-0.2, 0) is 4.79 Å². The van der Waals surface area contributed by atoms with Crippen LogP contribution in [-0.4, -0.2) is 17.3 Å². The van der Waals surface area contributed by atoms with Crippen molar-refractivity contribution in [1.29, 1.82) is 0 Å². The van der Waals surface area contributed by atoms with Crippen molar-refractivity contribution in [2.24, 2.45) is 5.92 Å². The van der Waals surface area contributed by atoms with E-state index < -0.39 is 0 Å². The average Bonchev–Trinajstić information content (AvgIpc) is 2.14. The lowest BCUT2D eigenvalue weighted by Crippen LogP contribution is -2.27. The first-order valence-electron chi connectivity index (χ1n) is 4.78. The lowest BCUT2D eigenvalue weighted by Gasteiger charge is -2.16. The first kappa shape index (κ1) is 10.7. The smallest absolute Gasteiger partial charge is 0.142 e. The fraction of sp³-hybridized carbons (Fsp3) is 0.455. The van der Waals surface area contributed by atoms with Gasteiger partial charge in [-0.3, -0.25) is 0 Å². The number of rotatable bonds is 4. The predicted molar refractivity (Wildman–Crippen MR) is 57.3 cm³/mol. The Kier molecular flexibility index (Phi) is 3.63. The maximum Gasteiger partial charge on any atom is 0.142 e. The topological polar surface area (TPSA) is 42.0 Å². The van der Waals surface area contributed by atoms with Crippen LogP contribution in [0.2, 0.25) is 0 Å². The third kappa shape index (κ3) is 2.83. The largest absolute Gasteiger partial charge is 0.360 e. The van der Waals surface area contributed by atoms with Gasteiger partial charge in [0.15, 0.2) is 0 Å². The number of carbonyl (C=O) groups is 1. The highest BCUT2D eigenvalue weighted by Gasteiger charge is 2.11. The molecule has 1 N–H and O–H groups in total. The van der Waals surface area contributed by atoms with Crippen molar-refractivity contribution in [3.05, 3.63) is 23.9 Å². The van der Waals surface area contributed by atoms with Crippen molar-refractivity contribution in [2.45, 2.75) is 26.8 Å². The zero-order chi connectivity index (χ0) is 10.6. The molecule has 1 heterocycles. The van der Waals surface area contributed by atoms with Crippen molar-refractivity contribution >= 4 is 12.1 Å². The highest BCUT2D eigenvalue weighted by molar-refractivity contribution is 5.63. The van der Waals surface area contributed by atoms with Gasteiger partial charge in [0, 0.05) is 6.20 Å². The SMILES string of the molecule is Cc1ccnc(NC(C=O)C(C)C)c1. The number of nitrogens with zero attached hydrogens (tertiary/aromatic N) is 1. The van der Waals surface area contributed by atoms with Crippen LogP contribution in [0.4, 0.5) is 5.82 Å². The van der Waals surface area contributed by atoms with Gasteiger partial charge < -0.3 is 10.1 Å². The minimum atomic E-state index is -0.163. The minimum Gasteiger partial charge on any atom is -0.360 e. The van der Waals surface area contributed by atoms with Crippen LogP contribution < -0.4 is 5.32 Å². The molecule has 0 aliphatic rings. The molecular formula is C11H16N2O. The first-order valence-corrected chi connectivity index (χ1v) is 4.78. The molecule has 76 valence electrons. The Bertz CT molecular complexity index is 310. The van der Waals surface area contributed by atoms with Crippen LogP contribution in [0, 0.1) is 12.8 Å². The van der Waals surface area contributed by atoms with E-state index >= 15 is 0 Å². The van der Waals surface area contributed by atoms with Crippen LogP contribution >= 0.6 is 0 Å². The zero-order valence-corrected chi connectivity index (χ0v) is 8.82. The second-order valence-electron chi connectivity index (χ2n) is 3.77. The second kappa shape index (κ2) is 4.74. The van der Waals surface area contributed by atoms with Gasteiger partial charge in [0.05, 0.1) is 6.04 Å². The summed E-state index contributed by atoms with van der Waals surface area (Å²) in [6, 6.07) is 3.69. The summed E-state index contributed by atoms with van der Waals surface area (Å²) >= 11 is 0. The Morgan fingerprint density at radius 3 is 2.71 bits per heavy atom. The summed E-state index contributed by atoms with van der Waals surface area (Å²) < 4.78 is 0. The Balaban J connectivity index is 2.72. The van der Waals surface area contributed by atoms with Gasteiger partial charge in [0.25, 0.3) is 0 Å². The summed E-state index contributed by atoms with van der Waals surface area (Å²) in [4.78, 5) is 14.9. The standard InChI is InChI=1S/C11H16N2O/c1-8(2)10(7-14)13-11-6-9(3)4-5-12-11/h4-8,10H,1-3H3,(H,12,13). The van der Waals surface area contributed by atoms with Gasteiger partial charge in [-0.05, 0) is 30.5 Å². The lowest BCUT2D eigenvalue weighted by atomic mass is 10.1. The normalized spacial score (nSPS) is 12.6. The first-order chi connectivity index (χ1) is 6.63. The summed E-state index contributed by atoms with van der Waals surface area (Å²) in [5.41, 5.74) is 1.14. The molecule has 1 rings (SSSR count). The number of anilines is 1. The third-order valence-corrected chi connectivity index (χ3v) is 2.09. The fourth-order valence-corrected chi connectivity index (χ4v) is 1.14. The van der Waals surface area contributed by atoms with Gasteiger partial charge in [0.1, 0.15) is 12.1 Å². The quantitative estimate of drug-likeness (QED) is 0.742. The molecule has 1 atom stereocenters. The van der Waals surface area contributed by atoms with Crippen molar-refractivity contribution in [2.75, 3.05) is 5.32 Å². The molecule has 3 nitrogen and oxygen atoms in total. The summed E-state index contributed by atoms with van der Waals surface area (Å²) in [7, 11) is 0. The van der Waals surface area contributed by atoms with Crippen LogP contribution in [0.3, 0.4) is 0 Å². The number of aromatic nitrogens is 1. The van der Waals surface area contributed by atoms with Crippen molar-refractivity contribution < 1.29 is 4.79 Å². The van der Waals surface area contributed by atoms with E-state index in [0.717, 1.165) is 17.7 Å². The molecule has 0 aromatic carbocycles. The molecule has 0 saturated heterocycles. The maximum atomic E-state index is 10.7. The molecule has 1 unspecified atom stereocenters. The average molecular weight is 192 g/mol. The number of hydrogen-bond acceptors (Lipinski definition) is 3. The maximum absolute atomic E-state index is 10.7. The third-order valence-electron chi connectivity index (χ3n) is 2.09. The molecule has 0 spiro atoms. The summed E-state index contributed by atoms with van der Waals surface area (Å²) in [6.45, 7) is 6.00. The zero-order valence-electron chi connectivity index (χ0n) is 8.82. The van der Waals surface area contributed by atoms with E-state index in [1.54, 1.807) is 6.20 Å². The molecule has 3 heteroatoms. The van der Waals surface area contributed by atoms with E-state index in [1.807, 2.05) is 32.9 Å². The Labute approximate surface area is 84.6 Å². The summed E-state index contributed by atoms with van der Waals surface area (Å²) in [6.07, 6.45) is 2.66. The molecule has 0 aliphatic carbocycles. The van der Waals surface area contributed by atoms with Gasteiger partial charge >= 0.3 is 0 Å². The van der Waals surface area contributed by atoms with E-state index in [1.165, 1.54) is 0 Å².